The summed E-state index contributed by atoms with van der Waals surface area (Å²) in [5.74, 6) is 1.18. The lowest BCUT2D eigenvalue weighted by Crippen LogP contribution is -2.00. The van der Waals surface area contributed by atoms with Crippen LogP contribution in [0.3, 0.4) is 0 Å². The fraction of sp³-hybridized carbons (Fsp3) is 0. The van der Waals surface area contributed by atoms with Gasteiger partial charge in [-0.2, -0.15) is 0 Å². The van der Waals surface area contributed by atoms with Gasteiger partial charge in [0.05, 0.1) is 0 Å². The Kier molecular flexibility index (Phi) is 6.61. The molecule has 0 saturated heterocycles. The number of halogens is 1. The van der Waals surface area contributed by atoms with Crippen molar-refractivity contribution in [1.82, 2.24) is 15.0 Å². The Morgan fingerprint density at radius 1 is 0.314 bits per heavy atom. The molecule has 0 aliphatic carbocycles. The van der Waals surface area contributed by atoms with Gasteiger partial charge in [0.15, 0.2) is 17.5 Å². The molecule has 6 heteroatoms. The maximum absolute atomic E-state index is 14.0. The largest absolute Gasteiger partial charge is 0.456 e. The molecule has 0 aliphatic heterocycles. The minimum atomic E-state index is -0.321. The number of hydrogen-bond donors (Lipinski definition) is 0. The van der Waals surface area contributed by atoms with Gasteiger partial charge in [-0.25, -0.2) is 19.3 Å². The Labute approximate surface area is 291 Å². The number of nitrogens with zero attached hydrogens (tertiary/aromatic N) is 3. The molecule has 3 aromatic heterocycles. The zero-order valence-corrected chi connectivity index (χ0v) is 27.0. The highest BCUT2D eigenvalue weighted by Crippen LogP contribution is 2.38. The summed E-state index contributed by atoms with van der Waals surface area (Å²) in [6.07, 6.45) is 0. The SMILES string of the molecule is Fc1ccc(-c2nc(-c3ccccc3)nc(-c3cc(-c4ccc5oc6ccccc6c5c4)cc(-c4ccc5oc6ccccc6c5c4)c3)n2)cc1. The van der Waals surface area contributed by atoms with Gasteiger partial charge in [-0.15, -0.1) is 0 Å². The summed E-state index contributed by atoms with van der Waals surface area (Å²) in [7, 11) is 0. The van der Waals surface area contributed by atoms with E-state index in [4.69, 9.17) is 23.8 Å². The molecule has 10 rings (SSSR count). The highest BCUT2D eigenvalue weighted by molar-refractivity contribution is 6.07. The van der Waals surface area contributed by atoms with Crippen LogP contribution in [-0.2, 0) is 0 Å². The van der Waals surface area contributed by atoms with Crippen LogP contribution in [0.4, 0.5) is 4.39 Å². The first-order chi connectivity index (χ1) is 25.1. The first kappa shape index (κ1) is 29.0. The summed E-state index contributed by atoms with van der Waals surface area (Å²) >= 11 is 0. The fourth-order valence-electron chi connectivity index (χ4n) is 6.85. The molecule has 7 aromatic carbocycles. The minimum absolute atomic E-state index is 0.321. The van der Waals surface area contributed by atoms with Crippen molar-refractivity contribution in [3.63, 3.8) is 0 Å². The highest BCUT2D eigenvalue weighted by atomic mass is 19.1. The first-order valence-electron chi connectivity index (χ1n) is 16.7. The van der Waals surface area contributed by atoms with E-state index in [-0.39, 0.29) is 5.82 Å². The van der Waals surface area contributed by atoms with Crippen LogP contribution in [-0.4, -0.2) is 15.0 Å². The Morgan fingerprint density at radius 3 is 1.27 bits per heavy atom. The maximum Gasteiger partial charge on any atom is 0.164 e. The molecular formula is C45H26FN3O2. The average Bonchev–Trinajstić information content (AvgIpc) is 3.76. The monoisotopic (exact) mass is 659 g/mol. The van der Waals surface area contributed by atoms with Crippen LogP contribution >= 0.6 is 0 Å². The van der Waals surface area contributed by atoms with Gasteiger partial charge >= 0.3 is 0 Å². The lowest BCUT2D eigenvalue weighted by molar-refractivity contribution is 0.628. The van der Waals surface area contributed by atoms with E-state index in [2.05, 4.69) is 54.6 Å². The second-order valence-corrected chi connectivity index (χ2v) is 12.6. The molecular weight excluding hydrogens is 634 g/mol. The molecule has 0 unspecified atom stereocenters. The van der Waals surface area contributed by atoms with Gasteiger partial charge in [0, 0.05) is 38.2 Å². The van der Waals surface area contributed by atoms with Crippen molar-refractivity contribution in [2.45, 2.75) is 0 Å². The standard InChI is InChI=1S/C45H26FN3O2/c46-34-18-14-28(15-19-34)44-47-43(27-8-2-1-3-9-27)48-45(49-44)33-23-31(29-16-20-41-37(25-29)35-10-4-6-12-39(35)50-41)22-32(24-33)30-17-21-42-38(26-30)36-11-5-7-13-40(36)51-42/h1-26H. The Balaban J connectivity index is 1.21. The van der Waals surface area contributed by atoms with E-state index >= 15 is 0 Å². The number of furan rings is 2. The zero-order chi connectivity index (χ0) is 33.9. The van der Waals surface area contributed by atoms with Crippen molar-refractivity contribution < 1.29 is 13.2 Å². The predicted molar refractivity (Wildman–Crippen MR) is 202 cm³/mol. The van der Waals surface area contributed by atoms with Crippen LogP contribution in [0, 0.1) is 5.82 Å². The number of benzene rings is 7. The zero-order valence-electron chi connectivity index (χ0n) is 27.0. The summed E-state index contributed by atoms with van der Waals surface area (Å²) < 4.78 is 26.3. The van der Waals surface area contributed by atoms with E-state index in [0.717, 1.165) is 77.3 Å². The second kappa shape index (κ2) is 11.6. The molecule has 51 heavy (non-hydrogen) atoms. The molecule has 10 aromatic rings. The quantitative estimate of drug-likeness (QED) is 0.184. The number of aromatic nitrogens is 3. The first-order valence-corrected chi connectivity index (χ1v) is 16.7. The Hall–Kier alpha value is -6.92. The topological polar surface area (TPSA) is 65.0 Å². The number of hydrogen-bond acceptors (Lipinski definition) is 5. The van der Waals surface area contributed by atoms with E-state index in [1.165, 1.54) is 12.1 Å². The highest BCUT2D eigenvalue weighted by Gasteiger charge is 2.17. The Bertz CT molecular complexity index is 2800. The number of fused-ring (bicyclic) bond motifs is 6. The van der Waals surface area contributed by atoms with Crippen molar-refractivity contribution in [2.24, 2.45) is 0 Å². The number of rotatable bonds is 5. The summed E-state index contributed by atoms with van der Waals surface area (Å²) in [6, 6.07) is 51.3. The van der Waals surface area contributed by atoms with E-state index in [9.17, 15) is 4.39 Å². The molecule has 3 heterocycles. The summed E-state index contributed by atoms with van der Waals surface area (Å²) in [4.78, 5) is 14.9. The molecule has 0 bridgehead atoms. The van der Waals surface area contributed by atoms with Gasteiger partial charge < -0.3 is 8.83 Å². The molecule has 5 nitrogen and oxygen atoms in total. The number of para-hydroxylation sites is 2. The van der Waals surface area contributed by atoms with Crippen LogP contribution in [0.1, 0.15) is 0 Å². The molecule has 0 saturated carbocycles. The normalized spacial score (nSPS) is 11.6. The minimum Gasteiger partial charge on any atom is -0.456 e. The van der Waals surface area contributed by atoms with Crippen molar-refractivity contribution in [3.8, 4) is 56.4 Å². The van der Waals surface area contributed by atoms with Gasteiger partial charge in [0.2, 0.25) is 0 Å². The fourth-order valence-corrected chi connectivity index (χ4v) is 6.85. The van der Waals surface area contributed by atoms with Gasteiger partial charge in [0.25, 0.3) is 0 Å². The second-order valence-electron chi connectivity index (χ2n) is 12.6. The van der Waals surface area contributed by atoms with Crippen molar-refractivity contribution in [1.29, 1.82) is 0 Å². The summed E-state index contributed by atoms with van der Waals surface area (Å²) in [6.45, 7) is 0. The van der Waals surface area contributed by atoms with Gasteiger partial charge in [0.1, 0.15) is 28.1 Å². The third kappa shape index (κ3) is 5.13. The lowest BCUT2D eigenvalue weighted by atomic mass is 9.94. The lowest BCUT2D eigenvalue weighted by Gasteiger charge is -2.13. The third-order valence-electron chi connectivity index (χ3n) is 9.38. The van der Waals surface area contributed by atoms with E-state index < -0.39 is 0 Å². The van der Waals surface area contributed by atoms with Crippen LogP contribution in [0.25, 0.3) is 100 Å². The Morgan fingerprint density at radius 2 is 0.725 bits per heavy atom. The summed E-state index contributed by atoms with van der Waals surface area (Å²) in [5, 5.41) is 4.23. The molecule has 0 fully saturated rings. The van der Waals surface area contributed by atoms with Crippen molar-refractivity contribution in [2.75, 3.05) is 0 Å². The van der Waals surface area contributed by atoms with Crippen molar-refractivity contribution >= 4 is 43.9 Å². The molecule has 240 valence electrons. The van der Waals surface area contributed by atoms with Gasteiger partial charge in [-0.05, 0) is 101 Å². The average molecular weight is 660 g/mol. The van der Waals surface area contributed by atoms with Crippen molar-refractivity contribution in [3.05, 3.63) is 164 Å². The van der Waals surface area contributed by atoms with Crippen LogP contribution < -0.4 is 0 Å². The third-order valence-corrected chi connectivity index (χ3v) is 9.38. The molecule has 0 radical (unpaired) electrons. The summed E-state index contributed by atoms with van der Waals surface area (Å²) in [5.41, 5.74) is 9.81. The molecule has 0 amide bonds. The predicted octanol–water partition coefficient (Wildman–Crippen LogP) is 12.1. The van der Waals surface area contributed by atoms with Crippen LogP contribution in [0.15, 0.2) is 167 Å². The molecule has 0 atom stereocenters. The van der Waals surface area contributed by atoms with Gasteiger partial charge in [-0.3, -0.25) is 0 Å². The van der Waals surface area contributed by atoms with Gasteiger partial charge in [-0.1, -0.05) is 78.9 Å². The molecule has 0 spiro atoms. The van der Waals surface area contributed by atoms with Crippen LogP contribution in [0.5, 0.6) is 0 Å². The van der Waals surface area contributed by atoms with Crippen LogP contribution in [0.2, 0.25) is 0 Å². The smallest absolute Gasteiger partial charge is 0.164 e. The maximum atomic E-state index is 14.0. The van der Waals surface area contributed by atoms with E-state index in [1.54, 1.807) is 12.1 Å². The molecule has 0 aliphatic rings. The van der Waals surface area contributed by atoms with E-state index in [1.807, 2.05) is 78.9 Å². The molecule has 0 N–H and O–H groups in total. The van der Waals surface area contributed by atoms with E-state index in [0.29, 0.717) is 23.0 Å².